The lowest BCUT2D eigenvalue weighted by Crippen LogP contribution is -2.28. The lowest BCUT2D eigenvalue weighted by Gasteiger charge is -2.23. The zero-order valence-corrected chi connectivity index (χ0v) is 14.6. The Kier molecular flexibility index (Phi) is 3.27. The lowest BCUT2D eigenvalue weighted by atomic mass is 9.96. The Labute approximate surface area is 113 Å². The van der Waals surface area contributed by atoms with Gasteiger partial charge in [0.1, 0.15) is 5.76 Å². The molecule has 0 radical (unpaired) electrons. The van der Waals surface area contributed by atoms with Crippen LogP contribution in [0.3, 0.4) is 0 Å². The number of fused-ring (bicyclic) bond motifs is 1. The number of rotatable bonds is 2. The summed E-state index contributed by atoms with van der Waals surface area (Å²) in [7, 11) is -2.94. The molecule has 0 aliphatic heterocycles. The van der Waals surface area contributed by atoms with E-state index in [1.807, 2.05) is 0 Å². The summed E-state index contributed by atoms with van der Waals surface area (Å²) in [6.07, 6.45) is 5.98. The molecule has 1 N–H and O–H groups in total. The number of aliphatic hydroxyl groups is 1. The third kappa shape index (κ3) is 2.18. The molecule has 3 heteroatoms. The second-order valence-electron chi connectivity index (χ2n) is 7.59. The first kappa shape index (κ1) is 13.9. The van der Waals surface area contributed by atoms with Gasteiger partial charge in [0.25, 0.3) is 0 Å². The quantitative estimate of drug-likeness (QED) is 0.707. The minimum Gasteiger partial charge on any atom is -0.508 e. The van der Waals surface area contributed by atoms with Crippen molar-refractivity contribution in [3.63, 3.8) is 0 Å². The highest BCUT2D eigenvalue weighted by molar-refractivity contribution is 6.87. The summed E-state index contributed by atoms with van der Waals surface area (Å²) in [6.45, 7) is 14.1. The van der Waals surface area contributed by atoms with Crippen LogP contribution in [-0.2, 0) is 0 Å². The lowest BCUT2D eigenvalue weighted by molar-refractivity contribution is 0.428. The van der Waals surface area contributed by atoms with Gasteiger partial charge in [0.05, 0.1) is 16.1 Å². The van der Waals surface area contributed by atoms with Crippen LogP contribution in [0.2, 0.25) is 39.3 Å². The van der Waals surface area contributed by atoms with Gasteiger partial charge in [-0.05, 0) is 40.8 Å². The molecular formula is C15H26OSi2. The largest absolute Gasteiger partial charge is 0.508 e. The Morgan fingerprint density at radius 1 is 0.944 bits per heavy atom. The summed E-state index contributed by atoms with van der Waals surface area (Å²) < 4.78 is 0. The molecule has 0 amide bonds. The van der Waals surface area contributed by atoms with Crippen molar-refractivity contribution >= 4 is 16.1 Å². The van der Waals surface area contributed by atoms with Crippen LogP contribution in [0.1, 0.15) is 19.3 Å². The Morgan fingerprint density at radius 3 is 2.00 bits per heavy atom. The predicted octanol–water partition coefficient (Wildman–Crippen LogP) is 4.97. The fraction of sp³-hybridized carbons (Fsp3) is 0.600. The topological polar surface area (TPSA) is 20.2 Å². The van der Waals surface area contributed by atoms with E-state index in [4.69, 9.17) is 0 Å². The molecule has 0 aromatic heterocycles. The first-order valence-corrected chi connectivity index (χ1v) is 14.0. The van der Waals surface area contributed by atoms with Gasteiger partial charge in [-0.3, -0.25) is 0 Å². The zero-order valence-electron chi connectivity index (χ0n) is 12.6. The van der Waals surface area contributed by atoms with E-state index in [1.54, 1.807) is 0 Å². The van der Waals surface area contributed by atoms with E-state index >= 15 is 0 Å². The predicted molar refractivity (Wildman–Crippen MR) is 85.3 cm³/mol. The Bertz CT molecular complexity index is 468. The van der Waals surface area contributed by atoms with Crippen molar-refractivity contribution in [2.24, 2.45) is 0 Å². The highest BCUT2D eigenvalue weighted by atomic mass is 28.3. The Morgan fingerprint density at radius 2 is 1.50 bits per heavy atom. The molecule has 2 aliphatic rings. The van der Waals surface area contributed by atoms with E-state index in [2.05, 4.69) is 45.4 Å². The number of hydrogen-bond acceptors (Lipinski definition) is 1. The van der Waals surface area contributed by atoms with Gasteiger partial charge >= 0.3 is 0 Å². The van der Waals surface area contributed by atoms with Crippen LogP contribution in [0.15, 0.2) is 33.4 Å². The molecular weight excluding hydrogens is 252 g/mol. The molecule has 0 saturated carbocycles. The van der Waals surface area contributed by atoms with E-state index in [-0.39, 0.29) is 0 Å². The fourth-order valence-electron chi connectivity index (χ4n) is 3.26. The van der Waals surface area contributed by atoms with Crippen molar-refractivity contribution in [3.05, 3.63) is 33.4 Å². The van der Waals surface area contributed by atoms with Crippen LogP contribution < -0.4 is 0 Å². The van der Waals surface area contributed by atoms with Crippen molar-refractivity contribution in [1.29, 1.82) is 0 Å². The summed E-state index contributed by atoms with van der Waals surface area (Å²) in [5, 5.41) is 13.5. The van der Waals surface area contributed by atoms with E-state index in [1.165, 1.54) is 40.8 Å². The summed E-state index contributed by atoms with van der Waals surface area (Å²) in [4.78, 5) is 0. The Hall–Kier alpha value is -0.546. The molecule has 100 valence electrons. The zero-order chi connectivity index (χ0) is 13.7. The monoisotopic (exact) mass is 278 g/mol. The van der Waals surface area contributed by atoms with Gasteiger partial charge in [-0.1, -0.05) is 45.4 Å². The van der Waals surface area contributed by atoms with Crippen molar-refractivity contribution in [2.75, 3.05) is 0 Å². The van der Waals surface area contributed by atoms with Gasteiger partial charge < -0.3 is 5.11 Å². The molecule has 0 heterocycles. The molecule has 2 rings (SSSR count). The van der Waals surface area contributed by atoms with E-state index in [0.29, 0.717) is 5.76 Å². The standard InChI is InChI=1S/C15H26OSi2/c1-17(2,3)14-11-9-7-8-10-12(11)15(13(14)16)18(4,5)6/h9,16H,7-8,10H2,1-6H3. The maximum absolute atomic E-state index is 10.8. The SMILES string of the molecule is C[Si](C)(C)C1=C(O)C([Si](C)(C)C)=C2CCCC=C21. The molecule has 1 nitrogen and oxygen atoms in total. The van der Waals surface area contributed by atoms with Gasteiger partial charge in [0, 0.05) is 0 Å². The summed E-state index contributed by atoms with van der Waals surface area (Å²) in [5.74, 6) is 0.677. The third-order valence-electron chi connectivity index (χ3n) is 3.85. The molecule has 0 aromatic carbocycles. The van der Waals surface area contributed by atoms with Crippen molar-refractivity contribution in [2.45, 2.75) is 58.5 Å². The maximum atomic E-state index is 10.8. The van der Waals surface area contributed by atoms with E-state index in [9.17, 15) is 5.11 Å². The van der Waals surface area contributed by atoms with Gasteiger partial charge in [-0.25, -0.2) is 0 Å². The second-order valence-corrected chi connectivity index (χ2v) is 17.6. The van der Waals surface area contributed by atoms with Gasteiger partial charge in [0.2, 0.25) is 0 Å². The fourth-order valence-corrected chi connectivity index (χ4v) is 7.28. The van der Waals surface area contributed by atoms with Crippen LogP contribution >= 0.6 is 0 Å². The van der Waals surface area contributed by atoms with Crippen LogP contribution in [0, 0.1) is 0 Å². The maximum Gasteiger partial charge on any atom is 0.114 e. The van der Waals surface area contributed by atoms with Crippen LogP contribution in [0.25, 0.3) is 0 Å². The summed E-state index contributed by atoms with van der Waals surface area (Å²) >= 11 is 0. The van der Waals surface area contributed by atoms with Crippen LogP contribution in [-0.4, -0.2) is 21.3 Å². The molecule has 0 fully saturated rings. The highest BCUT2D eigenvalue weighted by Crippen LogP contribution is 2.47. The molecule has 0 atom stereocenters. The van der Waals surface area contributed by atoms with Crippen LogP contribution in [0.4, 0.5) is 0 Å². The summed E-state index contributed by atoms with van der Waals surface area (Å²) in [5.41, 5.74) is 2.92. The van der Waals surface area contributed by atoms with Gasteiger partial charge in [-0.2, -0.15) is 0 Å². The van der Waals surface area contributed by atoms with E-state index < -0.39 is 16.1 Å². The third-order valence-corrected chi connectivity index (χ3v) is 7.89. The number of aliphatic hydroxyl groups excluding tert-OH is 1. The molecule has 0 spiro atoms. The van der Waals surface area contributed by atoms with Crippen LogP contribution in [0.5, 0.6) is 0 Å². The van der Waals surface area contributed by atoms with Gasteiger partial charge in [-0.15, -0.1) is 0 Å². The molecule has 0 saturated heterocycles. The second kappa shape index (κ2) is 4.24. The first-order chi connectivity index (χ1) is 8.14. The average molecular weight is 279 g/mol. The van der Waals surface area contributed by atoms with Crippen molar-refractivity contribution in [3.8, 4) is 0 Å². The molecule has 0 unspecified atom stereocenters. The molecule has 0 bridgehead atoms. The normalized spacial score (nSPS) is 21.3. The Balaban J connectivity index is 2.66. The minimum atomic E-state index is -1.47. The molecule has 18 heavy (non-hydrogen) atoms. The summed E-state index contributed by atoms with van der Waals surface area (Å²) in [6, 6.07) is 0. The van der Waals surface area contributed by atoms with E-state index in [0.717, 1.165) is 0 Å². The van der Waals surface area contributed by atoms with Crippen molar-refractivity contribution in [1.82, 2.24) is 0 Å². The molecule has 0 aromatic rings. The van der Waals surface area contributed by atoms with Gasteiger partial charge in [0.15, 0.2) is 0 Å². The van der Waals surface area contributed by atoms with Crippen molar-refractivity contribution < 1.29 is 5.11 Å². The smallest absolute Gasteiger partial charge is 0.114 e. The number of allylic oxidation sites excluding steroid dienone is 5. The number of hydrogen-bond donors (Lipinski definition) is 1. The highest BCUT2D eigenvalue weighted by Gasteiger charge is 2.40. The minimum absolute atomic E-state index is 0.677. The molecule has 2 aliphatic carbocycles. The first-order valence-electron chi connectivity index (χ1n) is 7.02. The average Bonchev–Trinajstić information content (AvgIpc) is 2.47.